The summed E-state index contributed by atoms with van der Waals surface area (Å²) in [5.74, 6) is 1.16. The number of carbonyl (C=O) groups excluding carboxylic acids is 1. The monoisotopic (exact) mass is 319 g/mol. The highest BCUT2D eigenvalue weighted by Crippen LogP contribution is 2.37. The van der Waals surface area contributed by atoms with Crippen molar-refractivity contribution in [1.82, 2.24) is 0 Å². The third-order valence-electron chi connectivity index (χ3n) is 3.23. The molecule has 114 valence electrons. The first-order valence-corrected chi connectivity index (χ1v) is 7.03. The SMILES string of the molecule is C#CCCC1(CCC(=O)Nc2cc(Cl)cc(C(=O)O)c2)N=N1. The number of benzene rings is 1. The summed E-state index contributed by atoms with van der Waals surface area (Å²) in [5, 5.41) is 19.7. The van der Waals surface area contributed by atoms with Crippen molar-refractivity contribution in [3.8, 4) is 12.3 Å². The van der Waals surface area contributed by atoms with E-state index in [1.807, 2.05) is 0 Å². The maximum absolute atomic E-state index is 11.9. The summed E-state index contributed by atoms with van der Waals surface area (Å²) >= 11 is 5.83. The number of hydrogen-bond donors (Lipinski definition) is 2. The molecule has 2 rings (SSSR count). The van der Waals surface area contributed by atoms with Crippen molar-refractivity contribution in [2.45, 2.75) is 31.3 Å². The maximum Gasteiger partial charge on any atom is 0.335 e. The van der Waals surface area contributed by atoms with Crippen LogP contribution >= 0.6 is 11.6 Å². The summed E-state index contributed by atoms with van der Waals surface area (Å²) < 4.78 is 0. The second-order valence-corrected chi connectivity index (χ2v) is 5.40. The van der Waals surface area contributed by atoms with Crippen molar-refractivity contribution in [3.63, 3.8) is 0 Å². The lowest BCUT2D eigenvalue weighted by molar-refractivity contribution is -0.116. The molecule has 7 heteroatoms. The Morgan fingerprint density at radius 1 is 1.32 bits per heavy atom. The molecule has 1 aliphatic heterocycles. The molecule has 0 aliphatic carbocycles. The number of anilines is 1. The van der Waals surface area contributed by atoms with E-state index in [0.29, 0.717) is 24.9 Å². The number of carboxylic acid groups (broad SMARTS) is 1. The minimum atomic E-state index is -1.11. The van der Waals surface area contributed by atoms with Gasteiger partial charge in [-0.1, -0.05) is 11.6 Å². The smallest absolute Gasteiger partial charge is 0.335 e. The molecule has 1 aromatic carbocycles. The summed E-state index contributed by atoms with van der Waals surface area (Å²) in [7, 11) is 0. The summed E-state index contributed by atoms with van der Waals surface area (Å²) in [6, 6.07) is 4.16. The van der Waals surface area contributed by atoms with Gasteiger partial charge in [-0.2, -0.15) is 10.2 Å². The highest BCUT2D eigenvalue weighted by Gasteiger charge is 2.39. The Morgan fingerprint density at radius 3 is 2.64 bits per heavy atom. The second-order valence-electron chi connectivity index (χ2n) is 4.97. The topological polar surface area (TPSA) is 91.1 Å². The van der Waals surface area contributed by atoms with Crippen molar-refractivity contribution < 1.29 is 14.7 Å². The molecule has 0 saturated heterocycles. The molecule has 0 unspecified atom stereocenters. The van der Waals surface area contributed by atoms with E-state index >= 15 is 0 Å². The first kappa shape index (κ1) is 16.0. The fourth-order valence-electron chi connectivity index (χ4n) is 1.99. The molecule has 0 aromatic heterocycles. The number of carboxylic acids is 1. The van der Waals surface area contributed by atoms with Gasteiger partial charge in [0.15, 0.2) is 5.66 Å². The van der Waals surface area contributed by atoms with Crippen molar-refractivity contribution in [1.29, 1.82) is 0 Å². The van der Waals surface area contributed by atoms with Crippen molar-refractivity contribution in [2.75, 3.05) is 5.32 Å². The first-order chi connectivity index (χ1) is 10.4. The Labute approximate surface area is 132 Å². The largest absolute Gasteiger partial charge is 0.478 e. The molecule has 6 nitrogen and oxygen atoms in total. The minimum absolute atomic E-state index is 0.0143. The standard InChI is InChI=1S/C15H14ClN3O3/c1-2-3-5-15(18-19-15)6-4-13(20)17-12-8-10(14(21)22)7-11(16)9-12/h1,7-9H,3-6H2,(H,17,20)(H,21,22). The van der Waals surface area contributed by atoms with Gasteiger partial charge < -0.3 is 10.4 Å². The fourth-order valence-corrected chi connectivity index (χ4v) is 2.23. The van der Waals surface area contributed by atoms with Crippen LogP contribution in [-0.4, -0.2) is 22.6 Å². The lowest BCUT2D eigenvalue weighted by atomic mass is 10.0. The van der Waals surface area contributed by atoms with Crippen LogP contribution in [0.2, 0.25) is 5.02 Å². The van der Waals surface area contributed by atoms with Crippen molar-refractivity contribution in [3.05, 3.63) is 28.8 Å². The molecule has 1 aliphatic rings. The van der Waals surface area contributed by atoms with E-state index < -0.39 is 11.6 Å². The number of nitrogens with one attached hydrogen (secondary N) is 1. The fraction of sp³-hybridized carbons (Fsp3) is 0.333. The van der Waals surface area contributed by atoms with E-state index in [0.717, 1.165) is 0 Å². The van der Waals surface area contributed by atoms with Gasteiger partial charge in [-0.15, -0.1) is 12.3 Å². The Morgan fingerprint density at radius 2 is 2.05 bits per heavy atom. The van der Waals surface area contributed by atoms with E-state index in [4.69, 9.17) is 23.1 Å². The molecule has 0 spiro atoms. The van der Waals surface area contributed by atoms with Gasteiger partial charge in [-0.3, -0.25) is 4.79 Å². The molecule has 0 atom stereocenters. The van der Waals surface area contributed by atoms with E-state index in [9.17, 15) is 9.59 Å². The third kappa shape index (κ3) is 4.30. The van der Waals surface area contributed by atoms with E-state index in [1.165, 1.54) is 18.2 Å². The van der Waals surface area contributed by atoms with Gasteiger partial charge in [0.1, 0.15) is 0 Å². The molecular weight excluding hydrogens is 306 g/mol. The Bertz CT molecular complexity index is 673. The number of carbonyl (C=O) groups is 2. The number of hydrogen-bond acceptors (Lipinski definition) is 4. The number of aromatic carboxylic acids is 1. The highest BCUT2D eigenvalue weighted by atomic mass is 35.5. The van der Waals surface area contributed by atoms with Crippen LogP contribution in [0.3, 0.4) is 0 Å². The number of amides is 1. The highest BCUT2D eigenvalue weighted by molar-refractivity contribution is 6.31. The third-order valence-corrected chi connectivity index (χ3v) is 3.45. The zero-order chi connectivity index (χ0) is 16.2. The average Bonchev–Trinajstić information content (AvgIpc) is 3.23. The number of nitrogens with zero attached hydrogens (tertiary/aromatic N) is 2. The molecule has 1 amide bonds. The molecule has 2 N–H and O–H groups in total. The van der Waals surface area contributed by atoms with Gasteiger partial charge in [0.05, 0.1) is 5.56 Å². The second kappa shape index (κ2) is 6.58. The molecular formula is C15H14ClN3O3. The van der Waals surface area contributed by atoms with Crippen LogP contribution in [0.1, 0.15) is 36.0 Å². The first-order valence-electron chi connectivity index (χ1n) is 6.65. The predicted octanol–water partition coefficient (Wildman–Crippen LogP) is 3.33. The summed E-state index contributed by atoms with van der Waals surface area (Å²) in [6.07, 6.45) is 7.09. The van der Waals surface area contributed by atoms with Crippen LogP contribution < -0.4 is 5.32 Å². The molecule has 0 radical (unpaired) electrons. The Balaban J connectivity index is 1.90. The Hall–Kier alpha value is -2.39. The summed E-state index contributed by atoms with van der Waals surface area (Å²) in [6.45, 7) is 0. The van der Waals surface area contributed by atoms with E-state index in [1.54, 1.807) is 0 Å². The van der Waals surface area contributed by atoms with Crippen LogP contribution in [0.5, 0.6) is 0 Å². The number of halogens is 1. The normalized spacial score (nSPS) is 14.2. The van der Waals surface area contributed by atoms with E-state index in [2.05, 4.69) is 21.5 Å². The van der Waals surface area contributed by atoms with Gasteiger partial charge in [0.25, 0.3) is 0 Å². The molecule has 1 aromatic rings. The van der Waals surface area contributed by atoms with Crippen LogP contribution in [0.4, 0.5) is 5.69 Å². The molecule has 0 fully saturated rings. The molecule has 22 heavy (non-hydrogen) atoms. The Kier molecular flexibility index (Phi) is 4.78. The molecule has 0 saturated carbocycles. The van der Waals surface area contributed by atoms with Gasteiger partial charge in [-0.25, -0.2) is 4.79 Å². The number of rotatable bonds is 7. The zero-order valence-corrected chi connectivity index (χ0v) is 12.4. The quantitative estimate of drug-likeness (QED) is 0.755. The van der Waals surface area contributed by atoms with Crippen LogP contribution in [0, 0.1) is 12.3 Å². The van der Waals surface area contributed by atoms with Gasteiger partial charge in [0, 0.05) is 36.4 Å². The summed E-state index contributed by atoms with van der Waals surface area (Å²) in [4.78, 5) is 22.9. The zero-order valence-electron chi connectivity index (χ0n) is 11.7. The summed E-state index contributed by atoms with van der Waals surface area (Å²) in [5.41, 5.74) is -0.151. The molecule has 1 heterocycles. The van der Waals surface area contributed by atoms with Crippen LogP contribution in [0.25, 0.3) is 0 Å². The van der Waals surface area contributed by atoms with Gasteiger partial charge >= 0.3 is 5.97 Å². The predicted molar refractivity (Wildman–Crippen MR) is 81.9 cm³/mol. The van der Waals surface area contributed by atoms with Crippen molar-refractivity contribution >= 4 is 29.2 Å². The van der Waals surface area contributed by atoms with E-state index in [-0.39, 0.29) is 22.9 Å². The van der Waals surface area contributed by atoms with Crippen molar-refractivity contribution in [2.24, 2.45) is 10.2 Å². The minimum Gasteiger partial charge on any atom is -0.478 e. The van der Waals surface area contributed by atoms with Crippen LogP contribution in [0.15, 0.2) is 28.4 Å². The lowest BCUT2D eigenvalue weighted by Gasteiger charge is -2.10. The maximum atomic E-state index is 11.9. The van der Waals surface area contributed by atoms with Crippen LogP contribution in [-0.2, 0) is 4.79 Å². The lowest BCUT2D eigenvalue weighted by Crippen LogP contribution is -2.18. The number of terminal acetylenes is 1. The van der Waals surface area contributed by atoms with Gasteiger partial charge in [-0.05, 0) is 18.2 Å². The van der Waals surface area contributed by atoms with Gasteiger partial charge in [0.2, 0.25) is 5.91 Å². The average molecular weight is 320 g/mol. The molecule has 0 bridgehead atoms.